The average molecular weight is 252 g/mol. The van der Waals surface area contributed by atoms with Crippen molar-refractivity contribution in [2.45, 2.75) is 19.8 Å². The highest BCUT2D eigenvalue weighted by Gasteiger charge is 2.09. The molecule has 2 nitrogen and oxygen atoms in total. The Kier molecular flexibility index (Phi) is 3.00. The van der Waals surface area contributed by atoms with Gasteiger partial charge >= 0.3 is 0 Å². The molecule has 19 heavy (non-hydrogen) atoms. The number of aryl methyl sites for hydroxylation is 3. The van der Waals surface area contributed by atoms with Crippen LogP contribution in [0, 0.1) is 6.92 Å². The molecule has 0 amide bonds. The molecule has 1 N–H and O–H groups in total. The molecule has 0 aliphatic heterocycles. The standard InChI is InChI=1S/C17H16O2/c1-12-4-2-5-13(10-12)8-9-14-11-19-16-7-3-6-15(18)17(14)16/h2-7,10-11,18H,8-9H2,1H3. The van der Waals surface area contributed by atoms with Crippen molar-refractivity contribution >= 4 is 11.0 Å². The second kappa shape index (κ2) is 4.81. The SMILES string of the molecule is Cc1cccc(CCc2coc3cccc(O)c23)c1. The molecule has 0 radical (unpaired) electrons. The molecule has 3 aromatic rings. The van der Waals surface area contributed by atoms with Gasteiger partial charge in [0.15, 0.2) is 0 Å². The third-order valence-corrected chi connectivity index (χ3v) is 3.42. The Morgan fingerprint density at radius 3 is 2.74 bits per heavy atom. The van der Waals surface area contributed by atoms with E-state index in [1.807, 2.05) is 6.07 Å². The van der Waals surface area contributed by atoms with Gasteiger partial charge in [0, 0.05) is 5.56 Å². The third kappa shape index (κ3) is 2.34. The molecule has 0 saturated carbocycles. The van der Waals surface area contributed by atoms with E-state index in [0.717, 1.165) is 29.4 Å². The molecule has 0 aliphatic rings. The smallest absolute Gasteiger partial charge is 0.137 e. The van der Waals surface area contributed by atoms with Crippen LogP contribution < -0.4 is 0 Å². The quantitative estimate of drug-likeness (QED) is 0.756. The van der Waals surface area contributed by atoms with E-state index in [0.29, 0.717) is 5.75 Å². The maximum absolute atomic E-state index is 9.92. The van der Waals surface area contributed by atoms with E-state index in [-0.39, 0.29) is 0 Å². The molecule has 1 heterocycles. The predicted octanol–water partition coefficient (Wildman–Crippen LogP) is 4.23. The maximum Gasteiger partial charge on any atom is 0.137 e. The van der Waals surface area contributed by atoms with Crippen LogP contribution in [0.15, 0.2) is 53.1 Å². The Labute approximate surface area is 112 Å². The summed E-state index contributed by atoms with van der Waals surface area (Å²) in [6.45, 7) is 2.10. The summed E-state index contributed by atoms with van der Waals surface area (Å²) in [5.74, 6) is 0.297. The van der Waals surface area contributed by atoms with Gasteiger partial charge in [-0.3, -0.25) is 0 Å². The van der Waals surface area contributed by atoms with Gasteiger partial charge in [0.1, 0.15) is 11.3 Å². The molecule has 0 bridgehead atoms. The van der Waals surface area contributed by atoms with Crippen LogP contribution in [0.25, 0.3) is 11.0 Å². The van der Waals surface area contributed by atoms with Crippen molar-refractivity contribution in [2.24, 2.45) is 0 Å². The van der Waals surface area contributed by atoms with Crippen LogP contribution in [0.2, 0.25) is 0 Å². The van der Waals surface area contributed by atoms with Crippen molar-refractivity contribution in [3.05, 3.63) is 65.4 Å². The van der Waals surface area contributed by atoms with Gasteiger partial charge in [0.2, 0.25) is 0 Å². The first-order valence-corrected chi connectivity index (χ1v) is 6.47. The molecule has 0 aliphatic carbocycles. The second-order valence-corrected chi connectivity index (χ2v) is 4.90. The molecule has 0 saturated heterocycles. The monoisotopic (exact) mass is 252 g/mol. The van der Waals surface area contributed by atoms with Gasteiger partial charge in [0.05, 0.1) is 11.6 Å². The van der Waals surface area contributed by atoms with Crippen LogP contribution in [0.4, 0.5) is 0 Å². The second-order valence-electron chi connectivity index (χ2n) is 4.90. The van der Waals surface area contributed by atoms with Crippen LogP contribution in [0.3, 0.4) is 0 Å². The molecule has 2 aromatic carbocycles. The fraction of sp³-hybridized carbons (Fsp3) is 0.176. The summed E-state index contributed by atoms with van der Waals surface area (Å²) >= 11 is 0. The summed E-state index contributed by atoms with van der Waals surface area (Å²) < 4.78 is 5.48. The minimum atomic E-state index is 0.297. The fourth-order valence-electron chi connectivity index (χ4n) is 2.46. The minimum Gasteiger partial charge on any atom is -0.507 e. The zero-order valence-corrected chi connectivity index (χ0v) is 10.9. The number of furan rings is 1. The summed E-state index contributed by atoms with van der Waals surface area (Å²) in [6.07, 6.45) is 3.57. The van der Waals surface area contributed by atoms with Crippen LogP contribution >= 0.6 is 0 Å². The lowest BCUT2D eigenvalue weighted by Crippen LogP contribution is -1.91. The van der Waals surface area contributed by atoms with Gasteiger partial charge in [-0.05, 0) is 37.5 Å². The van der Waals surface area contributed by atoms with E-state index in [1.54, 1.807) is 18.4 Å². The van der Waals surface area contributed by atoms with E-state index in [1.165, 1.54) is 11.1 Å². The Bertz CT molecular complexity index is 710. The molecule has 0 atom stereocenters. The minimum absolute atomic E-state index is 0.297. The zero-order chi connectivity index (χ0) is 13.2. The number of rotatable bonds is 3. The lowest BCUT2D eigenvalue weighted by atomic mass is 10.0. The lowest BCUT2D eigenvalue weighted by molar-refractivity contribution is 0.481. The van der Waals surface area contributed by atoms with E-state index in [4.69, 9.17) is 4.42 Å². The van der Waals surface area contributed by atoms with Crippen LogP contribution in [-0.2, 0) is 12.8 Å². The zero-order valence-electron chi connectivity index (χ0n) is 10.9. The number of hydrogen-bond donors (Lipinski definition) is 1. The fourth-order valence-corrected chi connectivity index (χ4v) is 2.46. The van der Waals surface area contributed by atoms with Crippen LogP contribution in [0.5, 0.6) is 5.75 Å². The Hall–Kier alpha value is -2.22. The molecular formula is C17H16O2. The van der Waals surface area contributed by atoms with E-state index < -0.39 is 0 Å². The highest BCUT2D eigenvalue weighted by molar-refractivity contribution is 5.87. The molecular weight excluding hydrogens is 236 g/mol. The first-order chi connectivity index (χ1) is 9.24. The van der Waals surface area contributed by atoms with Crippen molar-refractivity contribution in [1.82, 2.24) is 0 Å². The highest BCUT2D eigenvalue weighted by atomic mass is 16.3. The number of phenolic OH excluding ortho intramolecular Hbond substituents is 1. The molecule has 0 fully saturated rings. The van der Waals surface area contributed by atoms with E-state index in [2.05, 4.69) is 31.2 Å². The first-order valence-electron chi connectivity index (χ1n) is 6.47. The number of aromatic hydroxyl groups is 1. The van der Waals surface area contributed by atoms with Gasteiger partial charge in [-0.1, -0.05) is 35.9 Å². The van der Waals surface area contributed by atoms with Gasteiger partial charge in [-0.2, -0.15) is 0 Å². The molecule has 96 valence electrons. The Balaban J connectivity index is 1.86. The summed E-state index contributed by atoms with van der Waals surface area (Å²) in [5.41, 5.74) is 4.40. The highest BCUT2D eigenvalue weighted by Crippen LogP contribution is 2.30. The summed E-state index contributed by atoms with van der Waals surface area (Å²) in [4.78, 5) is 0. The summed E-state index contributed by atoms with van der Waals surface area (Å²) in [6, 6.07) is 13.9. The number of phenols is 1. The molecule has 2 heteroatoms. The Morgan fingerprint density at radius 2 is 1.89 bits per heavy atom. The molecule has 1 aromatic heterocycles. The van der Waals surface area contributed by atoms with Crippen LogP contribution in [0.1, 0.15) is 16.7 Å². The number of hydrogen-bond acceptors (Lipinski definition) is 2. The van der Waals surface area contributed by atoms with Gasteiger partial charge in [-0.15, -0.1) is 0 Å². The lowest BCUT2D eigenvalue weighted by Gasteiger charge is -2.02. The number of benzene rings is 2. The number of fused-ring (bicyclic) bond motifs is 1. The molecule has 3 rings (SSSR count). The molecule has 0 unspecified atom stereocenters. The van der Waals surface area contributed by atoms with E-state index in [9.17, 15) is 5.11 Å². The van der Waals surface area contributed by atoms with Gasteiger partial charge in [-0.25, -0.2) is 0 Å². The van der Waals surface area contributed by atoms with Crippen LogP contribution in [-0.4, -0.2) is 5.11 Å². The van der Waals surface area contributed by atoms with Crippen molar-refractivity contribution in [1.29, 1.82) is 0 Å². The Morgan fingerprint density at radius 1 is 1.05 bits per heavy atom. The van der Waals surface area contributed by atoms with Gasteiger partial charge < -0.3 is 9.52 Å². The normalized spacial score (nSPS) is 11.0. The van der Waals surface area contributed by atoms with Crippen molar-refractivity contribution < 1.29 is 9.52 Å². The predicted molar refractivity (Wildman–Crippen MR) is 76.5 cm³/mol. The van der Waals surface area contributed by atoms with E-state index >= 15 is 0 Å². The third-order valence-electron chi connectivity index (χ3n) is 3.42. The molecule has 0 spiro atoms. The first kappa shape index (κ1) is 11.8. The maximum atomic E-state index is 9.92. The van der Waals surface area contributed by atoms with Crippen molar-refractivity contribution in [3.63, 3.8) is 0 Å². The summed E-state index contributed by atoms with van der Waals surface area (Å²) in [7, 11) is 0. The van der Waals surface area contributed by atoms with Crippen molar-refractivity contribution in [2.75, 3.05) is 0 Å². The summed E-state index contributed by atoms with van der Waals surface area (Å²) in [5, 5.41) is 10.8. The largest absolute Gasteiger partial charge is 0.507 e. The van der Waals surface area contributed by atoms with Crippen molar-refractivity contribution in [3.8, 4) is 5.75 Å². The van der Waals surface area contributed by atoms with Gasteiger partial charge in [0.25, 0.3) is 0 Å². The average Bonchev–Trinajstić information content (AvgIpc) is 2.81. The topological polar surface area (TPSA) is 33.4 Å².